The maximum atomic E-state index is 12.6. The Hall–Kier alpha value is -1.56. The highest BCUT2D eigenvalue weighted by molar-refractivity contribution is 9.10. The van der Waals surface area contributed by atoms with Gasteiger partial charge in [0.15, 0.2) is 0 Å². The molecule has 0 atom stereocenters. The van der Waals surface area contributed by atoms with E-state index in [2.05, 4.69) is 31.9 Å². The normalized spacial score (nSPS) is 14.7. The summed E-state index contributed by atoms with van der Waals surface area (Å²) in [7, 11) is 0. The second kappa shape index (κ2) is 6.15. The van der Waals surface area contributed by atoms with E-state index in [1.807, 2.05) is 6.92 Å². The van der Waals surface area contributed by atoms with E-state index in [0.717, 1.165) is 58.6 Å². The van der Waals surface area contributed by atoms with E-state index in [0.29, 0.717) is 6.54 Å². The van der Waals surface area contributed by atoms with Gasteiger partial charge in [0, 0.05) is 13.1 Å². The lowest BCUT2D eigenvalue weighted by molar-refractivity contribution is -0.137. The van der Waals surface area contributed by atoms with Gasteiger partial charge < -0.3 is 4.90 Å². The van der Waals surface area contributed by atoms with Crippen LogP contribution in [0, 0.1) is 6.92 Å². The minimum absolute atomic E-state index is 0.591. The fourth-order valence-electron chi connectivity index (χ4n) is 2.81. The summed E-state index contributed by atoms with van der Waals surface area (Å²) in [5, 5.41) is 0. The van der Waals surface area contributed by atoms with Crippen molar-refractivity contribution in [3.8, 4) is 0 Å². The number of pyridine rings is 1. The zero-order valence-corrected chi connectivity index (χ0v) is 14.2. The number of fused-ring (bicyclic) bond motifs is 1. The molecule has 0 fully saturated rings. The van der Waals surface area contributed by atoms with Crippen LogP contribution in [0.4, 0.5) is 18.9 Å². The van der Waals surface area contributed by atoms with Crippen LogP contribution in [0.5, 0.6) is 0 Å². The Morgan fingerprint density at radius 2 is 1.91 bits per heavy atom. The first-order valence-electron chi connectivity index (χ1n) is 7.42. The lowest BCUT2D eigenvalue weighted by Gasteiger charge is -2.31. The van der Waals surface area contributed by atoms with Crippen LogP contribution in [0.15, 0.2) is 34.9 Å². The summed E-state index contributed by atoms with van der Waals surface area (Å²) < 4.78 is 38.8. The van der Waals surface area contributed by atoms with Gasteiger partial charge in [-0.05, 0) is 65.0 Å². The van der Waals surface area contributed by atoms with Gasteiger partial charge in [-0.3, -0.25) is 0 Å². The molecule has 23 heavy (non-hydrogen) atoms. The molecule has 1 aromatic carbocycles. The van der Waals surface area contributed by atoms with Gasteiger partial charge in [-0.2, -0.15) is 13.2 Å². The van der Waals surface area contributed by atoms with E-state index >= 15 is 0 Å². The Morgan fingerprint density at radius 3 is 2.57 bits per heavy atom. The Balaban J connectivity index is 1.83. The van der Waals surface area contributed by atoms with Gasteiger partial charge in [0.2, 0.25) is 0 Å². The summed E-state index contributed by atoms with van der Waals surface area (Å²) >= 11 is 3.45. The van der Waals surface area contributed by atoms with Crippen LogP contribution in [-0.4, -0.2) is 11.5 Å². The van der Waals surface area contributed by atoms with E-state index in [1.165, 1.54) is 0 Å². The van der Waals surface area contributed by atoms with Crippen molar-refractivity contribution >= 4 is 21.6 Å². The number of aromatic nitrogens is 1. The smallest absolute Gasteiger partial charge is 0.366 e. The predicted molar refractivity (Wildman–Crippen MR) is 87.5 cm³/mol. The SMILES string of the molecule is Cc1cc2c(nc1Br)CCCN2Cc1ccc(C(F)(F)F)cc1. The number of benzene rings is 1. The zero-order valence-electron chi connectivity index (χ0n) is 12.6. The number of halogens is 4. The van der Waals surface area contributed by atoms with Crippen LogP contribution in [0.1, 0.15) is 28.8 Å². The van der Waals surface area contributed by atoms with E-state index in [1.54, 1.807) is 12.1 Å². The molecule has 1 aromatic heterocycles. The molecule has 0 saturated carbocycles. The highest BCUT2D eigenvalue weighted by atomic mass is 79.9. The Kier molecular flexibility index (Phi) is 4.36. The first-order valence-corrected chi connectivity index (χ1v) is 8.21. The quantitative estimate of drug-likeness (QED) is 0.667. The maximum Gasteiger partial charge on any atom is 0.416 e. The topological polar surface area (TPSA) is 16.1 Å². The molecule has 0 bridgehead atoms. The van der Waals surface area contributed by atoms with Crippen molar-refractivity contribution < 1.29 is 13.2 Å². The molecule has 3 rings (SSSR count). The number of hydrogen-bond donors (Lipinski definition) is 0. The average Bonchev–Trinajstić information content (AvgIpc) is 2.49. The molecule has 1 aliphatic heterocycles. The lowest BCUT2D eigenvalue weighted by Crippen LogP contribution is -2.29. The minimum atomic E-state index is -4.29. The van der Waals surface area contributed by atoms with Crippen molar-refractivity contribution in [1.29, 1.82) is 0 Å². The summed E-state index contributed by atoms with van der Waals surface area (Å²) in [6.07, 6.45) is -2.36. The monoisotopic (exact) mass is 384 g/mol. The van der Waals surface area contributed by atoms with E-state index < -0.39 is 11.7 Å². The molecule has 1 aliphatic rings. The molecule has 6 heteroatoms. The molecule has 0 radical (unpaired) electrons. The van der Waals surface area contributed by atoms with Crippen molar-refractivity contribution in [3.05, 3.63) is 57.3 Å². The molecule has 0 N–H and O–H groups in total. The predicted octanol–water partition coefficient (Wildman–Crippen LogP) is 5.12. The molecule has 2 nitrogen and oxygen atoms in total. The van der Waals surface area contributed by atoms with Gasteiger partial charge in [-0.1, -0.05) is 12.1 Å². The molecule has 0 unspecified atom stereocenters. The zero-order chi connectivity index (χ0) is 16.6. The molecular weight excluding hydrogens is 369 g/mol. The highest BCUT2D eigenvalue weighted by Crippen LogP contribution is 2.32. The standard InChI is InChI=1S/C17H16BrF3N2/c1-11-9-15-14(22-16(11)18)3-2-8-23(15)10-12-4-6-13(7-5-12)17(19,20)21/h4-7,9H,2-3,8,10H2,1H3. The second-order valence-corrected chi connectivity index (χ2v) is 6.53. The van der Waals surface area contributed by atoms with E-state index in [-0.39, 0.29) is 0 Å². The number of hydrogen-bond acceptors (Lipinski definition) is 2. The third-order valence-corrected chi connectivity index (χ3v) is 4.85. The Bertz CT molecular complexity index is 711. The number of rotatable bonds is 2. The number of anilines is 1. The fraction of sp³-hybridized carbons (Fsp3) is 0.353. The van der Waals surface area contributed by atoms with E-state index in [4.69, 9.17) is 0 Å². The van der Waals surface area contributed by atoms with Crippen LogP contribution in [0.2, 0.25) is 0 Å². The Morgan fingerprint density at radius 1 is 1.22 bits per heavy atom. The molecular formula is C17H16BrF3N2. The van der Waals surface area contributed by atoms with Gasteiger partial charge >= 0.3 is 6.18 Å². The average molecular weight is 385 g/mol. The van der Waals surface area contributed by atoms with Crippen molar-refractivity contribution in [3.63, 3.8) is 0 Å². The molecule has 2 aromatic rings. The minimum Gasteiger partial charge on any atom is -0.366 e. The second-order valence-electron chi connectivity index (χ2n) is 5.78. The first-order chi connectivity index (χ1) is 10.8. The molecule has 0 amide bonds. The van der Waals surface area contributed by atoms with Gasteiger partial charge in [-0.25, -0.2) is 4.98 Å². The highest BCUT2D eigenvalue weighted by Gasteiger charge is 2.30. The first kappa shape index (κ1) is 16.3. The lowest BCUT2D eigenvalue weighted by atomic mass is 10.0. The van der Waals surface area contributed by atoms with Gasteiger partial charge in [0.05, 0.1) is 16.9 Å². The number of aryl methyl sites for hydroxylation is 2. The summed E-state index contributed by atoms with van der Waals surface area (Å²) in [5.74, 6) is 0. The van der Waals surface area contributed by atoms with E-state index in [9.17, 15) is 13.2 Å². The molecule has 0 saturated heterocycles. The fourth-order valence-corrected chi connectivity index (χ4v) is 3.14. The van der Waals surface area contributed by atoms with Crippen LogP contribution in [0.3, 0.4) is 0 Å². The van der Waals surface area contributed by atoms with Crippen LogP contribution >= 0.6 is 15.9 Å². The van der Waals surface area contributed by atoms with Crippen molar-refractivity contribution in [2.75, 3.05) is 11.4 Å². The van der Waals surface area contributed by atoms with Crippen molar-refractivity contribution in [2.45, 2.75) is 32.5 Å². The summed E-state index contributed by atoms with van der Waals surface area (Å²) in [5.41, 5.74) is 3.44. The van der Waals surface area contributed by atoms with Gasteiger partial charge in [0.1, 0.15) is 4.60 Å². The molecule has 0 spiro atoms. The maximum absolute atomic E-state index is 12.6. The third-order valence-electron chi connectivity index (χ3n) is 4.04. The number of alkyl halides is 3. The van der Waals surface area contributed by atoms with Crippen molar-refractivity contribution in [2.24, 2.45) is 0 Å². The summed E-state index contributed by atoms with van der Waals surface area (Å²) in [6.45, 7) is 3.47. The largest absolute Gasteiger partial charge is 0.416 e. The van der Waals surface area contributed by atoms with Crippen molar-refractivity contribution in [1.82, 2.24) is 4.98 Å². The summed E-state index contributed by atoms with van der Waals surface area (Å²) in [4.78, 5) is 6.77. The third kappa shape index (κ3) is 3.52. The molecule has 122 valence electrons. The van der Waals surface area contributed by atoms with Gasteiger partial charge in [0.25, 0.3) is 0 Å². The number of nitrogens with zero attached hydrogens (tertiary/aromatic N) is 2. The Labute approximate surface area is 141 Å². The van der Waals surface area contributed by atoms with Gasteiger partial charge in [-0.15, -0.1) is 0 Å². The van der Waals surface area contributed by atoms with Crippen LogP contribution < -0.4 is 4.90 Å². The van der Waals surface area contributed by atoms with Crippen LogP contribution in [-0.2, 0) is 19.1 Å². The molecule has 0 aliphatic carbocycles. The summed E-state index contributed by atoms with van der Waals surface area (Å²) in [6, 6.07) is 7.48. The van der Waals surface area contributed by atoms with Crippen LogP contribution in [0.25, 0.3) is 0 Å². The molecule has 2 heterocycles.